The van der Waals surface area contributed by atoms with Crippen molar-refractivity contribution in [1.82, 2.24) is 5.01 Å². The Balaban J connectivity index is 1.55. The van der Waals surface area contributed by atoms with E-state index in [1.54, 1.807) is 30.5 Å². The summed E-state index contributed by atoms with van der Waals surface area (Å²) in [5.74, 6) is -0.912. The molecule has 2 aromatic carbocycles. The second-order valence-electron chi connectivity index (χ2n) is 5.45. The molecule has 2 aromatic rings. The quantitative estimate of drug-likeness (QED) is 0.882. The molecule has 118 valence electrons. The Bertz CT molecular complexity index is 675. The van der Waals surface area contributed by atoms with Gasteiger partial charge in [0.05, 0.1) is 24.9 Å². The Hall–Kier alpha value is -2.82. The maximum absolute atomic E-state index is 10.8. The van der Waals surface area contributed by atoms with E-state index in [-0.39, 0.29) is 0 Å². The molecule has 1 heterocycles. The molecule has 0 amide bonds. The van der Waals surface area contributed by atoms with E-state index in [1.807, 2.05) is 11.1 Å². The minimum Gasteiger partial charge on any atom is -0.478 e. The Morgan fingerprint density at radius 3 is 2.22 bits per heavy atom. The van der Waals surface area contributed by atoms with Crippen molar-refractivity contribution in [2.45, 2.75) is 0 Å². The Labute approximate surface area is 135 Å². The number of aromatic carboxylic acids is 1. The van der Waals surface area contributed by atoms with E-state index in [2.05, 4.69) is 34.3 Å². The van der Waals surface area contributed by atoms with Gasteiger partial charge in [-0.05, 0) is 29.8 Å². The minimum absolute atomic E-state index is 0.290. The summed E-state index contributed by atoms with van der Waals surface area (Å²) in [5.41, 5.74) is 2.44. The first-order chi connectivity index (χ1) is 11.2. The van der Waals surface area contributed by atoms with E-state index in [0.717, 1.165) is 31.7 Å². The van der Waals surface area contributed by atoms with Crippen LogP contribution in [-0.2, 0) is 0 Å². The highest BCUT2D eigenvalue weighted by atomic mass is 16.4. The molecule has 0 aromatic heterocycles. The van der Waals surface area contributed by atoms with Gasteiger partial charge in [0.25, 0.3) is 0 Å². The van der Waals surface area contributed by atoms with Gasteiger partial charge in [0.15, 0.2) is 0 Å². The lowest BCUT2D eigenvalue weighted by molar-refractivity contribution is 0.0697. The van der Waals surface area contributed by atoms with E-state index in [4.69, 9.17) is 5.11 Å². The zero-order valence-electron chi connectivity index (χ0n) is 12.8. The lowest BCUT2D eigenvalue weighted by Gasteiger charge is -2.34. The highest BCUT2D eigenvalue weighted by Crippen LogP contribution is 2.15. The van der Waals surface area contributed by atoms with Crippen LogP contribution in [0.3, 0.4) is 0 Å². The number of rotatable bonds is 4. The van der Waals surface area contributed by atoms with E-state index in [9.17, 15) is 4.79 Å². The summed E-state index contributed by atoms with van der Waals surface area (Å²) in [6, 6.07) is 17.1. The molecular weight excluding hydrogens is 290 g/mol. The summed E-state index contributed by atoms with van der Waals surface area (Å²) in [6.07, 6.45) is 1.78. The van der Waals surface area contributed by atoms with Gasteiger partial charge in [-0.2, -0.15) is 5.10 Å². The van der Waals surface area contributed by atoms with Crippen LogP contribution in [0.5, 0.6) is 0 Å². The number of benzene rings is 2. The third-order valence-corrected chi connectivity index (χ3v) is 3.91. The molecule has 1 saturated heterocycles. The van der Waals surface area contributed by atoms with Gasteiger partial charge in [-0.15, -0.1) is 0 Å². The molecule has 3 rings (SSSR count). The van der Waals surface area contributed by atoms with Crippen LogP contribution in [-0.4, -0.2) is 48.5 Å². The van der Waals surface area contributed by atoms with Crippen LogP contribution in [0, 0.1) is 0 Å². The van der Waals surface area contributed by atoms with E-state index < -0.39 is 5.97 Å². The lowest BCUT2D eigenvalue weighted by Crippen LogP contribution is -2.44. The molecule has 0 aliphatic carbocycles. The Morgan fingerprint density at radius 2 is 1.61 bits per heavy atom. The summed E-state index contributed by atoms with van der Waals surface area (Å²) in [4.78, 5) is 13.2. The van der Waals surface area contributed by atoms with Crippen LogP contribution in [0.25, 0.3) is 0 Å². The molecule has 1 aliphatic heterocycles. The number of para-hydroxylation sites is 1. The molecule has 0 bridgehead atoms. The predicted octanol–water partition coefficient (Wildman–Crippen LogP) is 2.54. The van der Waals surface area contributed by atoms with Gasteiger partial charge < -0.3 is 10.0 Å². The number of carboxylic acids is 1. The van der Waals surface area contributed by atoms with Crippen molar-refractivity contribution in [2.75, 3.05) is 31.1 Å². The molecule has 5 nitrogen and oxygen atoms in total. The van der Waals surface area contributed by atoms with Crippen molar-refractivity contribution >= 4 is 17.9 Å². The van der Waals surface area contributed by atoms with Gasteiger partial charge in [-0.25, -0.2) is 4.79 Å². The second kappa shape index (κ2) is 6.96. The molecule has 1 N–H and O–H groups in total. The van der Waals surface area contributed by atoms with Crippen LogP contribution in [0.4, 0.5) is 5.69 Å². The second-order valence-corrected chi connectivity index (χ2v) is 5.45. The highest BCUT2D eigenvalue weighted by molar-refractivity contribution is 5.89. The summed E-state index contributed by atoms with van der Waals surface area (Å²) in [7, 11) is 0. The number of anilines is 1. The molecular formula is C18H19N3O2. The van der Waals surface area contributed by atoms with E-state index in [1.165, 1.54) is 5.69 Å². The van der Waals surface area contributed by atoms with Crippen molar-refractivity contribution in [2.24, 2.45) is 5.10 Å². The van der Waals surface area contributed by atoms with Crippen LogP contribution < -0.4 is 4.90 Å². The van der Waals surface area contributed by atoms with Crippen LogP contribution in [0.1, 0.15) is 15.9 Å². The minimum atomic E-state index is -0.912. The van der Waals surface area contributed by atoms with Gasteiger partial charge >= 0.3 is 5.97 Å². The van der Waals surface area contributed by atoms with E-state index >= 15 is 0 Å². The van der Waals surface area contributed by atoms with Crippen molar-refractivity contribution in [3.8, 4) is 0 Å². The van der Waals surface area contributed by atoms with Gasteiger partial charge in [-0.1, -0.05) is 30.3 Å². The Morgan fingerprint density at radius 1 is 0.957 bits per heavy atom. The van der Waals surface area contributed by atoms with Crippen molar-refractivity contribution in [3.63, 3.8) is 0 Å². The molecule has 5 heteroatoms. The summed E-state index contributed by atoms with van der Waals surface area (Å²) in [5, 5.41) is 15.4. The molecule has 0 atom stereocenters. The predicted molar refractivity (Wildman–Crippen MR) is 91.2 cm³/mol. The first kappa shape index (κ1) is 15.1. The number of carboxylic acid groups (broad SMARTS) is 1. The van der Waals surface area contributed by atoms with Gasteiger partial charge in [-0.3, -0.25) is 5.01 Å². The Kier molecular flexibility index (Phi) is 4.57. The lowest BCUT2D eigenvalue weighted by atomic mass is 10.1. The van der Waals surface area contributed by atoms with Crippen molar-refractivity contribution in [1.29, 1.82) is 0 Å². The average Bonchev–Trinajstić information content (AvgIpc) is 2.61. The van der Waals surface area contributed by atoms with Crippen molar-refractivity contribution in [3.05, 3.63) is 65.7 Å². The third-order valence-electron chi connectivity index (χ3n) is 3.91. The van der Waals surface area contributed by atoms with Crippen LogP contribution >= 0.6 is 0 Å². The SMILES string of the molecule is O=C(O)c1ccc(/C=N/N2CCN(c3ccccc3)CC2)cc1. The fourth-order valence-electron chi connectivity index (χ4n) is 2.57. The largest absolute Gasteiger partial charge is 0.478 e. The molecule has 0 spiro atoms. The maximum atomic E-state index is 10.8. The molecule has 1 aliphatic rings. The van der Waals surface area contributed by atoms with Crippen LogP contribution in [0.15, 0.2) is 59.7 Å². The number of piperazine rings is 1. The number of hydrazone groups is 1. The van der Waals surface area contributed by atoms with Crippen LogP contribution in [0.2, 0.25) is 0 Å². The van der Waals surface area contributed by atoms with Gasteiger partial charge in [0.1, 0.15) is 0 Å². The summed E-state index contributed by atoms with van der Waals surface area (Å²) in [6.45, 7) is 3.63. The number of carbonyl (C=O) groups is 1. The topological polar surface area (TPSA) is 56.1 Å². The van der Waals surface area contributed by atoms with Gasteiger partial charge in [0, 0.05) is 18.8 Å². The molecule has 0 saturated carbocycles. The highest BCUT2D eigenvalue weighted by Gasteiger charge is 2.15. The third kappa shape index (κ3) is 3.88. The standard InChI is InChI=1S/C18H19N3O2/c22-18(23)16-8-6-15(7-9-16)14-19-21-12-10-20(11-13-21)17-4-2-1-3-5-17/h1-9,14H,10-13H2,(H,22,23)/b19-14+. The normalized spacial score (nSPS) is 15.1. The molecule has 0 radical (unpaired) electrons. The number of hydrogen-bond acceptors (Lipinski definition) is 4. The fraction of sp³-hybridized carbons (Fsp3) is 0.222. The fourth-order valence-corrected chi connectivity index (χ4v) is 2.57. The molecule has 1 fully saturated rings. The maximum Gasteiger partial charge on any atom is 0.335 e. The number of hydrogen-bond donors (Lipinski definition) is 1. The van der Waals surface area contributed by atoms with Crippen molar-refractivity contribution < 1.29 is 9.90 Å². The van der Waals surface area contributed by atoms with Gasteiger partial charge in [0.2, 0.25) is 0 Å². The monoisotopic (exact) mass is 309 g/mol. The molecule has 23 heavy (non-hydrogen) atoms. The molecule has 0 unspecified atom stereocenters. The summed E-state index contributed by atoms with van der Waals surface area (Å²) >= 11 is 0. The first-order valence-electron chi connectivity index (χ1n) is 7.65. The first-order valence-corrected chi connectivity index (χ1v) is 7.65. The zero-order chi connectivity index (χ0) is 16.1. The number of nitrogens with zero attached hydrogens (tertiary/aromatic N) is 3. The summed E-state index contributed by atoms with van der Waals surface area (Å²) < 4.78 is 0. The smallest absolute Gasteiger partial charge is 0.335 e. The average molecular weight is 309 g/mol. The zero-order valence-corrected chi connectivity index (χ0v) is 12.8. The van der Waals surface area contributed by atoms with E-state index in [0.29, 0.717) is 5.56 Å².